The number of benzene rings is 2. The van der Waals surface area contributed by atoms with Crippen molar-refractivity contribution in [2.75, 3.05) is 11.9 Å². The van der Waals surface area contributed by atoms with Crippen molar-refractivity contribution in [2.45, 2.75) is 30.7 Å². The minimum atomic E-state index is -3.78. The zero-order valence-electron chi connectivity index (χ0n) is 14.1. The van der Waals surface area contributed by atoms with Crippen LogP contribution >= 0.6 is 23.2 Å². The molecule has 0 saturated carbocycles. The van der Waals surface area contributed by atoms with E-state index in [1.165, 1.54) is 28.6 Å². The summed E-state index contributed by atoms with van der Waals surface area (Å²) in [4.78, 5) is 12.8. The second-order valence-electron chi connectivity index (χ2n) is 6.15. The average molecular weight is 413 g/mol. The SMILES string of the molecule is Cc1cccc(NC(=O)[C@@H]2CCCN2S(=O)(=O)c2ccc(Cl)cc2)c1Cl. The first-order valence-electron chi connectivity index (χ1n) is 8.14. The third-order valence-corrected chi connectivity index (χ3v) is 7.05. The fourth-order valence-corrected chi connectivity index (χ4v) is 4.95. The summed E-state index contributed by atoms with van der Waals surface area (Å²) in [7, 11) is -3.78. The molecular formula is C18H18Cl2N2O3S. The van der Waals surface area contributed by atoms with Gasteiger partial charge in [-0.05, 0) is 55.7 Å². The topological polar surface area (TPSA) is 66.5 Å². The molecule has 0 bridgehead atoms. The summed E-state index contributed by atoms with van der Waals surface area (Å²) in [6.07, 6.45) is 1.08. The van der Waals surface area contributed by atoms with E-state index in [4.69, 9.17) is 23.2 Å². The molecule has 5 nitrogen and oxygen atoms in total. The van der Waals surface area contributed by atoms with Gasteiger partial charge in [-0.15, -0.1) is 0 Å². The second-order valence-corrected chi connectivity index (χ2v) is 8.86. The van der Waals surface area contributed by atoms with E-state index in [-0.39, 0.29) is 10.8 Å². The van der Waals surface area contributed by atoms with Gasteiger partial charge in [-0.1, -0.05) is 35.3 Å². The Kier molecular flexibility index (Phi) is 5.58. The minimum Gasteiger partial charge on any atom is -0.323 e. The molecule has 0 aliphatic carbocycles. The Balaban J connectivity index is 1.84. The van der Waals surface area contributed by atoms with Crippen molar-refractivity contribution >= 4 is 44.8 Å². The van der Waals surface area contributed by atoms with Crippen LogP contribution in [0.4, 0.5) is 5.69 Å². The maximum atomic E-state index is 12.9. The highest BCUT2D eigenvalue weighted by Crippen LogP contribution is 2.30. The van der Waals surface area contributed by atoms with Crippen LogP contribution in [0.15, 0.2) is 47.4 Å². The summed E-state index contributed by atoms with van der Waals surface area (Å²) >= 11 is 12.1. The van der Waals surface area contributed by atoms with Crippen LogP contribution in [0.5, 0.6) is 0 Å². The number of halogens is 2. The van der Waals surface area contributed by atoms with E-state index < -0.39 is 16.1 Å². The zero-order valence-corrected chi connectivity index (χ0v) is 16.4. The summed E-state index contributed by atoms with van der Waals surface area (Å²) in [5, 5.41) is 3.66. The van der Waals surface area contributed by atoms with Gasteiger partial charge in [-0.3, -0.25) is 4.79 Å². The van der Waals surface area contributed by atoms with Crippen molar-refractivity contribution in [1.82, 2.24) is 4.31 Å². The monoisotopic (exact) mass is 412 g/mol. The zero-order chi connectivity index (χ0) is 18.9. The first-order chi connectivity index (χ1) is 12.3. The number of nitrogens with zero attached hydrogens (tertiary/aromatic N) is 1. The van der Waals surface area contributed by atoms with Gasteiger partial charge in [0.15, 0.2) is 0 Å². The van der Waals surface area contributed by atoms with E-state index >= 15 is 0 Å². The molecule has 1 N–H and O–H groups in total. The van der Waals surface area contributed by atoms with Crippen LogP contribution in [0, 0.1) is 6.92 Å². The number of hydrogen-bond acceptors (Lipinski definition) is 3. The predicted molar refractivity (Wildman–Crippen MR) is 103 cm³/mol. The highest BCUT2D eigenvalue weighted by molar-refractivity contribution is 7.89. The van der Waals surface area contributed by atoms with Gasteiger partial charge in [-0.25, -0.2) is 8.42 Å². The molecule has 0 aromatic heterocycles. The van der Waals surface area contributed by atoms with E-state index in [9.17, 15) is 13.2 Å². The Hall–Kier alpha value is -1.60. The van der Waals surface area contributed by atoms with Crippen LogP contribution in [0.3, 0.4) is 0 Å². The number of rotatable bonds is 4. The number of amides is 1. The number of anilines is 1. The van der Waals surface area contributed by atoms with Crippen LogP contribution < -0.4 is 5.32 Å². The molecule has 2 aromatic carbocycles. The fourth-order valence-electron chi connectivity index (χ4n) is 2.99. The van der Waals surface area contributed by atoms with Crippen LogP contribution in [0.1, 0.15) is 18.4 Å². The first-order valence-corrected chi connectivity index (χ1v) is 10.3. The van der Waals surface area contributed by atoms with Gasteiger partial charge in [-0.2, -0.15) is 4.31 Å². The van der Waals surface area contributed by atoms with Gasteiger partial charge < -0.3 is 5.32 Å². The molecule has 1 amide bonds. The lowest BCUT2D eigenvalue weighted by Crippen LogP contribution is -2.43. The third kappa shape index (κ3) is 3.74. The van der Waals surface area contributed by atoms with E-state index in [2.05, 4.69) is 5.32 Å². The lowest BCUT2D eigenvalue weighted by molar-refractivity contribution is -0.119. The van der Waals surface area contributed by atoms with E-state index in [1.54, 1.807) is 12.1 Å². The smallest absolute Gasteiger partial charge is 0.243 e. The van der Waals surface area contributed by atoms with Gasteiger partial charge >= 0.3 is 0 Å². The summed E-state index contributed by atoms with van der Waals surface area (Å²) in [6, 6.07) is 10.5. The Morgan fingerprint density at radius 1 is 1.15 bits per heavy atom. The van der Waals surface area contributed by atoms with Crippen molar-refractivity contribution in [1.29, 1.82) is 0 Å². The van der Waals surface area contributed by atoms with Crippen LogP contribution in [-0.2, 0) is 14.8 Å². The average Bonchev–Trinajstić information content (AvgIpc) is 3.10. The molecule has 26 heavy (non-hydrogen) atoms. The molecule has 1 heterocycles. The standard InChI is InChI=1S/C18H18Cl2N2O3S/c1-12-4-2-5-15(17(12)20)21-18(23)16-6-3-11-22(16)26(24,25)14-9-7-13(19)8-10-14/h2,4-5,7-10,16H,3,6,11H2,1H3,(H,21,23)/t16-/m0/s1. The lowest BCUT2D eigenvalue weighted by atomic mass is 10.2. The van der Waals surface area contributed by atoms with E-state index in [1.807, 2.05) is 13.0 Å². The van der Waals surface area contributed by atoms with Crippen molar-refractivity contribution < 1.29 is 13.2 Å². The molecule has 2 aromatic rings. The second kappa shape index (κ2) is 7.56. The molecule has 3 rings (SSSR count). The summed E-state index contributed by atoms with van der Waals surface area (Å²) in [6.45, 7) is 2.13. The highest BCUT2D eigenvalue weighted by atomic mass is 35.5. The quantitative estimate of drug-likeness (QED) is 0.821. The molecule has 1 aliphatic rings. The lowest BCUT2D eigenvalue weighted by Gasteiger charge is -2.23. The first kappa shape index (κ1) is 19.2. The summed E-state index contributed by atoms with van der Waals surface area (Å²) < 4.78 is 27.1. The molecule has 0 spiro atoms. The number of carbonyl (C=O) groups excluding carboxylic acids is 1. The number of carbonyl (C=O) groups is 1. The largest absolute Gasteiger partial charge is 0.323 e. The number of hydrogen-bond donors (Lipinski definition) is 1. The number of nitrogens with one attached hydrogen (secondary N) is 1. The van der Waals surface area contributed by atoms with Crippen molar-refractivity contribution in [2.24, 2.45) is 0 Å². The van der Waals surface area contributed by atoms with Crippen LogP contribution in [0.2, 0.25) is 10.0 Å². The third-order valence-electron chi connectivity index (χ3n) is 4.38. The highest BCUT2D eigenvalue weighted by Gasteiger charge is 2.39. The molecule has 0 radical (unpaired) electrons. The summed E-state index contributed by atoms with van der Waals surface area (Å²) in [5.41, 5.74) is 1.31. The summed E-state index contributed by atoms with van der Waals surface area (Å²) in [5.74, 6) is -0.382. The normalized spacial score (nSPS) is 18.0. The number of sulfonamides is 1. The molecule has 1 aliphatic heterocycles. The molecule has 8 heteroatoms. The Morgan fingerprint density at radius 3 is 2.54 bits per heavy atom. The molecule has 1 saturated heterocycles. The van der Waals surface area contributed by atoms with Crippen molar-refractivity contribution in [3.05, 3.63) is 58.1 Å². The fraction of sp³-hybridized carbons (Fsp3) is 0.278. The molecule has 138 valence electrons. The van der Waals surface area contributed by atoms with E-state index in [0.29, 0.717) is 35.1 Å². The molecule has 1 atom stereocenters. The van der Waals surface area contributed by atoms with Crippen LogP contribution in [-0.4, -0.2) is 31.2 Å². The van der Waals surface area contributed by atoms with Crippen molar-refractivity contribution in [3.8, 4) is 0 Å². The molecule has 0 unspecified atom stereocenters. The maximum absolute atomic E-state index is 12.9. The van der Waals surface area contributed by atoms with Gasteiger partial charge in [0.2, 0.25) is 15.9 Å². The van der Waals surface area contributed by atoms with Crippen LogP contribution in [0.25, 0.3) is 0 Å². The Morgan fingerprint density at radius 2 is 1.85 bits per heavy atom. The maximum Gasteiger partial charge on any atom is 0.243 e. The molecular weight excluding hydrogens is 395 g/mol. The van der Waals surface area contributed by atoms with Gasteiger partial charge in [0.1, 0.15) is 6.04 Å². The Labute approximate surface area is 163 Å². The number of aryl methyl sites for hydroxylation is 1. The Bertz CT molecular complexity index is 930. The predicted octanol–water partition coefficient (Wildman–Crippen LogP) is 4.09. The van der Waals surface area contributed by atoms with Crippen molar-refractivity contribution in [3.63, 3.8) is 0 Å². The van der Waals surface area contributed by atoms with Gasteiger partial charge in [0.05, 0.1) is 15.6 Å². The van der Waals surface area contributed by atoms with Gasteiger partial charge in [0.25, 0.3) is 0 Å². The van der Waals surface area contributed by atoms with E-state index in [0.717, 1.165) is 5.56 Å². The minimum absolute atomic E-state index is 0.121. The molecule has 1 fully saturated rings. The van der Waals surface area contributed by atoms with Gasteiger partial charge in [0, 0.05) is 11.6 Å².